The molecule has 1 unspecified atom stereocenters. The van der Waals surface area contributed by atoms with Gasteiger partial charge >= 0.3 is 0 Å². The van der Waals surface area contributed by atoms with Crippen LogP contribution in [0.5, 0.6) is 0 Å². The highest BCUT2D eigenvalue weighted by Crippen LogP contribution is 2.38. The van der Waals surface area contributed by atoms with Crippen LogP contribution in [0, 0.1) is 10.9 Å². The zero-order chi connectivity index (χ0) is 14.9. The lowest BCUT2D eigenvalue weighted by Gasteiger charge is -2.22. The van der Waals surface area contributed by atoms with E-state index in [-0.39, 0.29) is 6.23 Å². The van der Waals surface area contributed by atoms with Crippen LogP contribution in [0.1, 0.15) is 24.4 Å². The Morgan fingerprint density at radius 3 is 2.50 bits per heavy atom. The van der Waals surface area contributed by atoms with Crippen molar-refractivity contribution in [2.24, 2.45) is 0 Å². The molecule has 7 heteroatoms. The summed E-state index contributed by atoms with van der Waals surface area (Å²) in [6.45, 7) is 8.07. The molecule has 20 heavy (non-hydrogen) atoms. The van der Waals surface area contributed by atoms with Gasteiger partial charge in [0.05, 0.1) is 4.88 Å². The Balaban J connectivity index is 2.40. The van der Waals surface area contributed by atoms with Gasteiger partial charge in [-0.2, -0.15) is 0 Å². The average Bonchev–Trinajstić information content (AvgIpc) is 2.86. The van der Waals surface area contributed by atoms with Crippen LogP contribution >= 0.6 is 47.5 Å². The highest BCUT2D eigenvalue weighted by atomic mass is 32.2. The van der Waals surface area contributed by atoms with Crippen molar-refractivity contribution in [1.82, 2.24) is 9.47 Å². The molecule has 0 aliphatic carbocycles. The topological polar surface area (TPSA) is 17.4 Å². The highest BCUT2D eigenvalue weighted by molar-refractivity contribution is 8.26. The minimum atomic E-state index is -0.0670. The quantitative estimate of drug-likeness (QED) is 0.755. The van der Waals surface area contributed by atoms with E-state index in [1.165, 1.54) is 10.6 Å². The molecule has 1 aliphatic heterocycles. The van der Waals surface area contributed by atoms with Gasteiger partial charge in [-0.25, -0.2) is 0 Å². The molecular weight excluding hydrogens is 328 g/mol. The maximum absolute atomic E-state index is 5.59. The molecule has 1 aromatic heterocycles. The Morgan fingerprint density at radius 2 is 2.00 bits per heavy atom. The maximum Gasteiger partial charge on any atom is 0.163 e. The van der Waals surface area contributed by atoms with Crippen molar-refractivity contribution in [3.63, 3.8) is 0 Å². The second-order valence-corrected chi connectivity index (χ2v) is 7.73. The molecule has 110 valence electrons. The van der Waals surface area contributed by atoms with Gasteiger partial charge in [0, 0.05) is 30.8 Å². The van der Waals surface area contributed by atoms with Crippen LogP contribution in [0.25, 0.3) is 6.08 Å². The molecule has 0 saturated carbocycles. The van der Waals surface area contributed by atoms with Crippen LogP contribution < -0.4 is 0 Å². The smallest absolute Gasteiger partial charge is 0.163 e. The van der Waals surface area contributed by atoms with E-state index in [1.54, 1.807) is 30.2 Å². The fourth-order valence-corrected chi connectivity index (χ4v) is 5.40. The van der Waals surface area contributed by atoms with Gasteiger partial charge in [0.25, 0.3) is 0 Å². The number of rotatable bonds is 4. The molecule has 0 radical (unpaired) electrons. The Hall–Kier alpha value is -0.210. The van der Waals surface area contributed by atoms with Crippen LogP contribution in [0.2, 0.25) is 0 Å². The predicted molar refractivity (Wildman–Crippen MR) is 94.9 cm³/mol. The molecule has 1 aromatic rings. The van der Waals surface area contributed by atoms with Crippen molar-refractivity contribution in [2.75, 3.05) is 13.7 Å². The first-order valence-corrected chi connectivity index (χ1v) is 8.91. The van der Waals surface area contributed by atoms with Gasteiger partial charge in [0.15, 0.2) is 10.2 Å². The number of ether oxygens (including phenoxy) is 1. The molecule has 1 atom stereocenters. The summed E-state index contributed by atoms with van der Waals surface area (Å²) >= 11 is 14.1. The van der Waals surface area contributed by atoms with Crippen LogP contribution in [-0.4, -0.2) is 33.7 Å². The summed E-state index contributed by atoms with van der Waals surface area (Å²) in [6.07, 6.45) is 2.10. The second-order valence-electron chi connectivity index (χ2n) is 4.35. The first-order chi connectivity index (χ1) is 9.53. The highest BCUT2D eigenvalue weighted by Gasteiger charge is 2.32. The van der Waals surface area contributed by atoms with Crippen molar-refractivity contribution in [3.8, 4) is 0 Å². The first kappa shape index (κ1) is 16.2. The zero-order valence-electron chi connectivity index (χ0n) is 12.0. The number of nitrogens with zero attached hydrogens (tertiary/aromatic N) is 2. The first-order valence-electron chi connectivity index (χ1n) is 6.46. The van der Waals surface area contributed by atoms with E-state index in [1.807, 2.05) is 0 Å². The summed E-state index contributed by atoms with van der Waals surface area (Å²) in [5.74, 6) is 0. The molecule has 0 aromatic carbocycles. The number of aromatic nitrogens is 1. The summed E-state index contributed by atoms with van der Waals surface area (Å²) in [4.78, 5) is 4.43. The third-order valence-corrected chi connectivity index (χ3v) is 6.25. The van der Waals surface area contributed by atoms with E-state index in [9.17, 15) is 0 Å². The van der Waals surface area contributed by atoms with Gasteiger partial charge in [-0.15, -0.1) is 11.3 Å². The fraction of sp³-hybridized carbons (Fsp3) is 0.538. The number of hydrogen-bond donors (Lipinski definition) is 0. The van der Waals surface area contributed by atoms with E-state index < -0.39 is 0 Å². The summed E-state index contributed by atoms with van der Waals surface area (Å²) in [6, 6.07) is 0. The molecule has 1 saturated heterocycles. The van der Waals surface area contributed by atoms with Gasteiger partial charge in [-0.3, -0.25) is 0 Å². The molecule has 1 fully saturated rings. The molecule has 1 aliphatic rings. The van der Waals surface area contributed by atoms with Crippen molar-refractivity contribution in [3.05, 3.63) is 19.4 Å². The number of likely N-dealkylation sites (N-methyl/N-ethyl adjacent to an activating group) is 1. The van der Waals surface area contributed by atoms with E-state index in [0.717, 1.165) is 26.3 Å². The zero-order valence-corrected chi connectivity index (χ0v) is 15.3. The van der Waals surface area contributed by atoms with Gasteiger partial charge in [0.2, 0.25) is 0 Å². The van der Waals surface area contributed by atoms with Crippen molar-refractivity contribution < 1.29 is 4.74 Å². The lowest BCUT2D eigenvalue weighted by Crippen LogP contribution is -2.33. The molecule has 0 amide bonds. The molecule has 0 bridgehead atoms. The molecular formula is C13H18N2OS4. The number of thiocarbonyl (C=S) groups is 1. The Bertz CT molecular complexity index is 602. The number of methoxy groups -OCH3 is 1. The van der Waals surface area contributed by atoms with Gasteiger partial charge in [-0.05, 0) is 39.1 Å². The minimum absolute atomic E-state index is 0.0670. The number of thiazole rings is 1. The third-order valence-electron chi connectivity index (χ3n) is 3.30. The summed E-state index contributed by atoms with van der Waals surface area (Å²) in [7, 11) is 1.72. The lowest BCUT2D eigenvalue weighted by molar-refractivity contribution is 0.0519. The predicted octanol–water partition coefficient (Wildman–Crippen LogP) is 4.27. The normalized spacial score (nSPS) is 21.2. The van der Waals surface area contributed by atoms with Crippen molar-refractivity contribution >= 4 is 57.9 Å². The Kier molecular flexibility index (Phi) is 5.42. The number of thioether (sulfide) groups is 1. The molecule has 2 heterocycles. The van der Waals surface area contributed by atoms with Crippen molar-refractivity contribution in [1.29, 1.82) is 0 Å². The Labute approximate surface area is 138 Å². The van der Waals surface area contributed by atoms with Crippen molar-refractivity contribution in [2.45, 2.75) is 33.5 Å². The Morgan fingerprint density at radius 1 is 1.30 bits per heavy atom. The average molecular weight is 347 g/mol. The van der Waals surface area contributed by atoms with Crippen LogP contribution in [-0.2, 0) is 11.3 Å². The third kappa shape index (κ3) is 2.87. The molecule has 3 nitrogen and oxygen atoms in total. The minimum Gasteiger partial charge on any atom is -0.357 e. The summed E-state index contributed by atoms with van der Waals surface area (Å²) in [5.41, 5.74) is 1.21. The van der Waals surface area contributed by atoms with Crippen LogP contribution in [0.15, 0.2) is 4.91 Å². The van der Waals surface area contributed by atoms with Gasteiger partial charge < -0.3 is 14.2 Å². The molecule has 0 N–H and O–H groups in total. The van der Waals surface area contributed by atoms with Crippen LogP contribution in [0.4, 0.5) is 0 Å². The lowest BCUT2D eigenvalue weighted by atomic mass is 10.3. The van der Waals surface area contributed by atoms with E-state index in [2.05, 4.69) is 36.3 Å². The van der Waals surface area contributed by atoms with Gasteiger partial charge in [0.1, 0.15) is 4.32 Å². The molecule has 0 spiro atoms. The second kappa shape index (κ2) is 6.70. The largest absolute Gasteiger partial charge is 0.357 e. The van der Waals surface area contributed by atoms with E-state index in [0.29, 0.717) is 0 Å². The monoisotopic (exact) mass is 346 g/mol. The number of hydrogen-bond acceptors (Lipinski definition) is 5. The SMILES string of the molecule is CCN1C(=S)S/C(=C/c2sc(=S)n(CC)c2C)C1OC. The van der Waals surface area contributed by atoms with Crippen LogP contribution in [0.3, 0.4) is 0 Å². The standard InChI is InChI=1S/C13H18N2OS4/c1-5-14-8(3)9(19-12(14)17)7-10-11(16-4)15(6-2)13(18)20-10/h7,11H,5-6H2,1-4H3/b10-7+. The fourth-order valence-electron chi connectivity index (χ4n) is 2.22. The maximum atomic E-state index is 5.59. The molecule has 2 rings (SSSR count). The summed E-state index contributed by atoms with van der Waals surface area (Å²) < 4.78 is 9.55. The van der Waals surface area contributed by atoms with E-state index >= 15 is 0 Å². The van der Waals surface area contributed by atoms with E-state index in [4.69, 9.17) is 29.2 Å². The van der Waals surface area contributed by atoms with Gasteiger partial charge in [-0.1, -0.05) is 24.0 Å². The summed E-state index contributed by atoms with van der Waals surface area (Å²) in [5, 5.41) is 0.